The molecule has 298 valence electrons. The van der Waals surface area contributed by atoms with Crippen molar-refractivity contribution in [1.29, 1.82) is 0 Å². The van der Waals surface area contributed by atoms with E-state index >= 15 is 0 Å². The highest BCUT2D eigenvalue weighted by atomic mass is 32.3. The van der Waals surface area contributed by atoms with E-state index in [-0.39, 0.29) is 0 Å². The minimum Gasteiger partial charge on any atom is -0.309 e. The fourth-order valence-corrected chi connectivity index (χ4v) is 14.0. The van der Waals surface area contributed by atoms with Gasteiger partial charge in [-0.2, -0.15) is 0 Å². The number of para-hydroxylation sites is 1. The highest BCUT2D eigenvalue weighted by Gasteiger charge is 2.36. The van der Waals surface area contributed by atoms with Crippen molar-refractivity contribution in [3.8, 4) is 33.6 Å². The maximum absolute atomic E-state index is 2.50. The molecular weight excluding hydrogens is 781 g/mol. The zero-order chi connectivity index (χ0) is 41.7. The third kappa shape index (κ3) is 5.89. The maximum Gasteiger partial charge on any atom is 0.0552 e. The summed E-state index contributed by atoms with van der Waals surface area (Å²) in [5.41, 5.74) is 11.8. The Bertz CT molecular complexity index is 3480. The lowest BCUT2D eigenvalue weighted by molar-refractivity contribution is 1.16. The highest BCUT2D eigenvalue weighted by molar-refractivity contribution is 8.34. The van der Waals surface area contributed by atoms with Gasteiger partial charge in [0.15, 0.2) is 0 Å². The molecular formula is C60H42N2S. The Kier molecular flexibility index (Phi) is 8.95. The van der Waals surface area contributed by atoms with Gasteiger partial charge in [0.1, 0.15) is 0 Å². The molecule has 3 heteroatoms. The van der Waals surface area contributed by atoms with Crippen LogP contribution >= 0.6 is 10.0 Å². The van der Waals surface area contributed by atoms with Gasteiger partial charge in [0.05, 0.1) is 22.1 Å². The van der Waals surface area contributed by atoms with E-state index in [0.29, 0.717) is 0 Å². The van der Waals surface area contributed by atoms with Gasteiger partial charge in [0.2, 0.25) is 0 Å². The SMILES string of the molecule is c1ccc(-c2ccc(-n3c4ccc(-n5c6ccccc6c6c(S(c7ccccc7)(c7ccccc7)c7ccccc7)cccc65)cc4c4c(-c5ccccc5)cccc43)cc2)cc1. The van der Waals surface area contributed by atoms with Crippen molar-refractivity contribution in [2.75, 3.05) is 0 Å². The van der Waals surface area contributed by atoms with Gasteiger partial charge in [-0.25, -0.2) is 0 Å². The van der Waals surface area contributed by atoms with Crippen molar-refractivity contribution < 1.29 is 0 Å². The Morgan fingerprint density at radius 2 is 0.714 bits per heavy atom. The van der Waals surface area contributed by atoms with Crippen LogP contribution in [0.4, 0.5) is 0 Å². The molecule has 0 radical (unpaired) electrons. The standard InChI is InChI=1S/C60H42N2S/c1-6-20-43(21-7-1)44-36-38-46(39-37-44)61-55-41-40-47(42-53(55)59-51(31-18-33-56(59)61)45-22-8-2-9-23-45)62-54-32-17-16-30-52(54)60-57(62)34-19-35-58(60)63(48-24-10-3-11-25-48,49-26-12-4-13-27-49)50-28-14-5-15-29-50/h1-42H. The second kappa shape index (κ2) is 15.3. The minimum absolute atomic E-state index is 1.13. The molecule has 0 spiro atoms. The average molecular weight is 823 g/mol. The molecule has 10 aromatic carbocycles. The monoisotopic (exact) mass is 822 g/mol. The van der Waals surface area contributed by atoms with Gasteiger partial charge in [-0.1, -0.05) is 164 Å². The fourth-order valence-electron chi connectivity index (χ4n) is 9.95. The maximum atomic E-state index is 2.50. The molecule has 12 aromatic rings. The Hall–Kier alpha value is -7.85. The first kappa shape index (κ1) is 37.0. The molecule has 0 aliphatic rings. The van der Waals surface area contributed by atoms with Crippen LogP contribution in [0.2, 0.25) is 0 Å². The third-order valence-corrected chi connectivity index (χ3v) is 16.6. The van der Waals surface area contributed by atoms with Crippen molar-refractivity contribution in [3.05, 3.63) is 255 Å². The normalized spacial score (nSPS) is 12.1. The highest BCUT2D eigenvalue weighted by Crippen LogP contribution is 2.74. The molecule has 0 atom stereocenters. The van der Waals surface area contributed by atoms with Crippen LogP contribution in [0.15, 0.2) is 274 Å². The topological polar surface area (TPSA) is 9.86 Å². The Balaban J connectivity index is 1.15. The molecule has 0 amide bonds. The van der Waals surface area contributed by atoms with Gasteiger partial charge in [0.25, 0.3) is 0 Å². The molecule has 0 aliphatic carbocycles. The Morgan fingerprint density at radius 1 is 0.270 bits per heavy atom. The van der Waals surface area contributed by atoms with Gasteiger partial charge in [-0.05, 0) is 113 Å². The van der Waals surface area contributed by atoms with Gasteiger partial charge in [-0.3, -0.25) is 0 Å². The van der Waals surface area contributed by atoms with Crippen molar-refractivity contribution in [1.82, 2.24) is 9.13 Å². The quantitative estimate of drug-likeness (QED) is 0.144. The summed E-state index contributed by atoms with van der Waals surface area (Å²) >= 11 is 0. The number of hydrogen-bond donors (Lipinski definition) is 0. The van der Waals surface area contributed by atoms with Crippen LogP contribution < -0.4 is 0 Å². The van der Waals surface area contributed by atoms with E-state index in [1.165, 1.54) is 85.4 Å². The molecule has 0 unspecified atom stereocenters. The first-order valence-electron chi connectivity index (χ1n) is 21.6. The summed E-state index contributed by atoms with van der Waals surface area (Å²) in [4.78, 5) is 5.27. The first-order chi connectivity index (χ1) is 31.3. The first-order valence-corrected chi connectivity index (χ1v) is 23.2. The van der Waals surface area contributed by atoms with Crippen LogP contribution in [0.1, 0.15) is 0 Å². The predicted molar refractivity (Wildman–Crippen MR) is 266 cm³/mol. The number of rotatable bonds is 8. The van der Waals surface area contributed by atoms with Crippen molar-refractivity contribution in [3.63, 3.8) is 0 Å². The summed E-state index contributed by atoms with van der Waals surface area (Å²) in [5.74, 6) is 0. The van der Waals surface area contributed by atoms with E-state index in [2.05, 4.69) is 264 Å². The van der Waals surface area contributed by atoms with E-state index in [0.717, 1.165) is 11.4 Å². The zero-order valence-corrected chi connectivity index (χ0v) is 35.4. The molecule has 0 aliphatic heterocycles. The summed E-state index contributed by atoms with van der Waals surface area (Å²) in [6.45, 7) is 0. The summed E-state index contributed by atoms with van der Waals surface area (Å²) < 4.78 is 4.94. The van der Waals surface area contributed by atoms with Crippen LogP contribution in [0.5, 0.6) is 0 Å². The second-order valence-corrected chi connectivity index (χ2v) is 19.1. The van der Waals surface area contributed by atoms with Gasteiger partial charge in [0, 0.05) is 52.5 Å². The van der Waals surface area contributed by atoms with Crippen LogP contribution in [0.25, 0.3) is 77.2 Å². The van der Waals surface area contributed by atoms with E-state index in [1.807, 2.05) is 0 Å². The molecule has 63 heavy (non-hydrogen) atoms. The van der Waals surface area contributed by atoms with Gasteiger partial charge in [-0.15, -0.1) is 10.0 Å². The van der Waals surface area contributed by atoms with E-state index < -0.39 is 10.0 Å². The van der Waals surface area contributed by atoms with Crippen molar-refractivity contribution in [2.45, 2.75) is 19.6 Å². The molecule has 0 fully saturated rings. The van der Waals surface area contributed by atoms with E-state index in [1.54, 1.807) is 0 Å². The smallest absolute Gasteiger partial charge is 0.0552 e. The number of nitrogens with zero attached hydrogens (tertiary/aromatic N) is 2. The number of aromatic nitrogens is 2. The van der Waals surface area contributed by atoms with Crippen molar-refractivity contribution in [2.24, 2.45) is 0 Å². The Labute approximate surface area is 368 Å². The third-order valence-electron chi connectivity index (χ3n) is 12.6. The van der Waals surface area contributed by atoms with E-state index in [9.17, 15) is 0 Å². The lowest BCUT2D eigenvalue weighted by atomic mass is 9.99. The van der Waals surface area contributed by atoms with Crippen LogP contribution in [0, 0.1) is 0 Å². The van der Waals surface area contributed by atoms with E-state index in [4.69, 9.17) is 0 Å². The number of benzene rings is 10. The van der Waals surface area contributed by atoms with Gasteiger partial charge >= 0.3 is 0 Å². The zero-order valence-electron chi connectivity index (χ0n) is 34.6. The lowest BCUT2D eigenvalue weighted by Gasteiger charge is -2.42. The molecule has 2 aromatic heterocycles. The molecule has 2 nitrogen and oxygen atoms in total. The van der Waals surface area contributed by atoms with Crippen LogP contribution in [-0.2, 0) is 0 Å². The van der Waals surface area contributed by atoms with Crippen LogP contribution in [-0.4, -0.2) is 9.13 Å². The Morgan fingerprint density at radius 3 is 1.33 bits per heavy atom. The summed E-state index contributed by atoms with van der Waals surface area (Å²) in [7, 11) is -1.96. The predicted octanol–water partition coefficient (Wildman–Crippen LogP) is 16.6. The minimum atomic E-state index is -1.96. The van der Waals surface area contributed by atoms with Gasteiger partial charge < -0.3 is 9.13 Å². The lowest BCUT2D eigenvalue weighted by Crippen LogP contribution is -2.05. The summed E-state index contributed by atoms with van der Waals surface area (Å²) in [6.07, 6.45) is 0. The molecule has 0 saturated carbocycles. The summed E-state index contributed by atoms with van der Waals surface area (Å²) in [5, 5.41) is 4.99. The van der Waals surface area contributed by atoms with Crippen molar-refractivity contribution >= 4 is 53.6 Å². The fraction of sp³-hybridized carbons (Fsp3) is 0. The molecule has 0 saturated heterocycles. The second-order valence-electron chi connectivity index (χ2n) is 16.1. The average Bonchev–Trinajstić information content (AvgIpc) is 3.89. The number of fused-ring (bicyclic) bond motifs is 6. The molecule has 0 bridgehead atoms. The van der Waals surface area contributed by atoms with Crippen LogP contribution in [0.3, 0.4) is 0 Å². The molecule has 12 rings (SSSR count). The largest absolute Gasteiger partial charge is 0.309 e. The molecule has 0 N–H and O–H groups in total. The number of hydrogen-bond acceptors (Lipinski definition) is 0. The molecule has 2 heterocycles. The summed E-state index contributed by atoms with van der Waals surface area (Å²) in [6, 6.07) is 93.8.